The topological polar surface area (TPSA) is 237 Å². The lowest BCUT2D eigenvalue weighted by Gasteiger charge is -2.21. The van der Waals surface area contributed by atoms with Crippen molar-refractivity contribution in [3.05, 3.63) is 0 Å². The summed E-state index contributed by atoms with van der Waals surface area (Å²) in [5, 5.41) is 10.5. The molecule has 0 aliphatic carbocycles. The summed E-state index contributed by atoms with van der Waals surface area (Å²) in [5.41, 5.74) is 0. The van der Waals surface area contributed by atoms with E-state index in [1.807, 2.05) is 0 Å². The molecular weight excluding hydrogens is 1100 g/mol. The zero-order chi connectivity index (χ0) is 61.3. The number of ether oxygens (including phenoxy) is 4. The lowest BCUT2D eigenvalue weighted by Crippen LogP contribution is -2.30. The maximum atomic E-state index is 13.0. The fraction of sp³-hybridized carbons (Fsp3) is 0.938. The van der Waals surface area contributed by atoms with E-state index >= 15 is 0 Å². The van der Waals surface area contributed by atoms with Gasteiger partial charge in [0.2, 0.25) is 0 Å². The van der Waals surface area contributed by atoms with E-state index in [4.69, 9.17) is 37.0 Å². The highest BCUT2D eigenvalue weighted by atomic mass is 31.2. The molecule has 0 amide bonds. The van der Waals surface area contributed by atoms with Gasteiger partial charge in [0.05, 0.1) is 26.4 Å². The first-order valence-electron chi connectivity index (χ1n) is 33.6. The Morgan fingerprint density at radius 2 is 0.554 bits per heavy atom. The average molecular weight is 1230 g/mol. The molecule has 0 aromatic heterocycles. The largest absolute Gasteiger partial charge is 0.472 e. The molecule has 3 N–H and O–H groups in total. The van der Waals surface area contributed by atoms with Gasteiger partial charge in [-0.15, -0.1) is 0 Å². The zero-order valence-electron chi connectivity index (χ0n) is 53.3. The van der Waals surface area contributed by atoms with Gasteiger partial charge < -0.3 is 33.8 Å². The number of aliphatic hydroxyl groups is 1. The van der Waals surface area contributed by atoms with Crippen LogP contribution in [-0.4, -0.2) is 96.7 Å². The molecule has 0 radical (unpaired) electrons. The molecule has 2 unspecified atom stereocenters. The highest BCUT2D eigenvalue weighted by Crippen LogP contribution is 2.45. The predicted molar refractivity (Wildman–Crippen MR) is 331 cm³/mol. The summed E-state index contributed by atoms with van der Waals surface area (Å²) >= 11 is 0. The third-order valence-corrected chi connectivity index (χ3v) is 16.7. The lowest BCUT2D eigenvalue weighted by atomic mass is 10.0. The van der Waals surface area contributed by atoms with E-state index in [0.717, 1.165) is 109 Å². The monoisotopic (exact) mass is 1230 g/mol. The SMILES string of the molecule is CCCCCCCCCCCCCCCCCC(=O)O[C@H](COC(=O)CCCCCCCCCCCC(C)C)COP(=O)(O)OC[C@@H](O)COP(=O)(O)OC[C@@H](COC(=O)CCCCCCCCC)OC(=O)CCCCCCCCCCC. The van der Waals surface area contributed by atoms with Crippen LogP contribution in [-0.2, 0) is 65.4 Å². The predicted octanol–water partition coefficient (Wildman–Crippen LogP) is 17.8. The standard InChI is InChI=1S/C64H124O17P2/c1-6-9-12-15-18-20-21-22-23-24-25-29-35-40-45-50-64(69)81-60(54-75-62(67)48-43-38-33-30-26-28-32-36-41-46-57(4)5)56-79-83(72,73)77-52-58(65)51-76-82(70,71)78-55-59(53-74-61(66)47-42-37-31-17-14-11-8-3)80-63(68)49-44-39-34-27-19-16-13-10-7-2/h57-60,65H,6-56H2,1-5H3,(H,70,71)(H,72,73)/t58-,59+,60+/m0/s1. The van der Waals surface area contributed by atoms with Gasteiger partial charge >= 0.3 is 39.5 Å². The summed E-state index contributed by atoms with van der Waals surface area (Å²) in [4.78, 5) is 72.1. The Balaban J connectivity index is 5.20. The number of carbonyl (C=O) groups excluding carboxylic acids is 4. The molecule has 0 aromatic carbocycles. The molecule has 0 spiro atoms. The second kappa shape index (κ2) is 57.8. The Labute approximate surface area is 505 Å². The van der Waals surface area contributed by atoms with Gasteiger partial charge in [0.1, 0.15) is 19.3 Å². The van der Waals surface area contributed by atoms with E-state index in [9.17, 15) is 43.2 Å². The first-order chi connectivity index (χ1) is 40.0. The van der Waals surface area contributed by atoms with Crippen LogP contribution in [0.4, 0.5) is 0 Å². The Kier molecular flexibility index (Phi) is 56.4. The van der Waals surface area contributed by atoms with Gasteiger partial charge in [-0.25, -0.2) is 9.13 Å². The Bertz CT molecular complexity index is 1620. The summed E-state index contributed by atoms with van der Waals surface area (Å²) in [6, 6.07) is 0. The summed E-state index contributed by atoms with van der Waals surface area (Å²) in [7, 11) is -9.88. The summed E-state index contributed by atoms with van der Waals surface area (Å²) < 4.78 is 67.9. The van der Waals surface area contributed by atoms with Gasteiger partial charge in [0.15, 0.2) is 12.2 Å². The number of unbranched alkanes of at least 4 members (excludes halogenated alkanes) is 36. The first-order valence-corrected chi connectivity index (χ1v) is 36.6. The maximum absolute atomic E-state index is 13.0. The van der Waals surface area contributed by atoms with Crippen LogP contribution in [0.3, 0.4) is 0 Å². The molecule has 0 aromatic rings. The Morgan fingerprint density at radius 3 is 0.819 bits per heavy atom. The second-order valence-corrected chi connectivity index (χ2v) is 26.5. The Morgan fingerprint density at radius 1 is 0.325 bits per heavy atom. The van der Waals surface area contributed by atoms with Crippen molar-refractivity contribution in [1.82, 2.24) is 0 Å². The smallest absolute Gasteiger partial charge is 0.462 e. The number of rotatable bonds is 64. The minimum atomic E-state index is -4.94. The lowest BCUT2D eigenvalue weighted by molar-refractivity contribution is -0.161. The van der Waals surface area contributed by atoms with E-state index in [1.54, 1.807) is 0 Å². The van der Waals surface area contributed by atoms with E-state index in [0.29, 0.717) is 25.7 Å². The normalized spacial score (nSPS) is 14.2. The van der Waals surface area contributed by atoms with Crippen molar-refractivity contribution < 1.29 is 80.2 Å². The van der Waals surface area contributed by atoms with E-state index in [1.165, 1.54) is 135 Å². The quantitative estimate of drug-likeness (QED) is 0.0222. The molecule has 19 heteroatoms. The highest BCUT2D eigenvalue weighted by Gasteiger charge is 2.30. The molecule has 5 atom stereocenters. The molecule has 492 valence electrons. The molecular formula is C64H124O17P2. The molecule has 0 saturated carbocycles. The molecule has 0 aliphatic rings. The molecule has 0 bridgehead atoms. The second-order valence-electron chi connectivity index (χ2n) is 23.6. The van der Waals surface area contributed by atoms with Crippen LogP contribution < -0.4 is 0 Å². The number of hydrogen-bond acceptors (Lipinski definition) is 15. The van der Waals surface area contributed by atoms with Crippen LogP contribution >= 0.6 is 15.6 Å². The fourth-order valence-corrected chi connectivity index (χ4v) is 11.2. The van der Waals surface area contributed by atoms with Crippen LogP contribution in [0.2, 0.25) is 0 Å². The van der Waals surface area contributed by atoms with Crippen molar-refractivity contribution in [1.29, 1.82) is 0 Å². The van der Waals surface area contributed by atoms with Crippen LogP contribution in [0.15, 0.2) is 0 Å². The third kappa shape index (κ3) is 58.8. The van der Waals surface area contributed by atoms with E-state index in [2.05, 4.69) is 34.6 Å². The van der Waals surface area contributed by atoms with Gasteiger partial charge in [-0.05, 0) is 31.6 Å². The van der Waals surface area contributed by atoms with E-state index in [-0.39, 0.29) is 25.7 Å². The molecule has 0 rings (SSSR count). The van der Waals surface area contributed by atoms with Crippen LogP contribution in [0.5, 0.6) is 0 Å². The summed E-state index contributed by atoms with van der Waals surface area (Å²) in [6.07, 6.45) is 41.8. The fourth-order valence-electron chi connectivity index (χ4n) is 9.58. The maximum Gasteiger partial charge on any atom is 0.472 e. The number of hydrogen-bond donors (Lipinski definition) is 3. The number of carbonyl (C=O) groups is 4. The van der Waals surface area contributed by atoms with Crippen LogP contribution in [0.25, 0.3) is 0 Å². The first kappa shape index (κ1) is 81.1. The average Bonchev–Trinajstić information content (AvgIpc) is 3.47. The number of aliphatic hydroxyl groups excluding tert-OH is 1. The van der Waals surface area contributed by atoms with E-state index < -0.39 is 97.5 Å². The molecule has 17 nitrogen and oxygen atoms in total. The molecule has 0 heterocycles. The van der Waals surface area contributed by atoms with Crippen LogP contribution in [0.1, 0.15) is 324 Å². The van der Waals surface area contributed by atoms with Crippen molar-refractivity contribution in [3.63, 3.8) is 0 Å². The minimum absolute atomic E-state index is 0.105. The molecule has 83 heavy (non-hydrogen) atoms. The van der Waals surface area contributed by atoms with Crippen LogP contribution in [0, 0.1) is 5.92 Å². The molecule has 0 saturated heterocycles. The third-order valence-electron chi connectivity index (χ3n) is 14.8. The number of phosphoric acid groups is 2. The number of esters is 4. The summed E-state index contributed by atoms with van der Waals surface area (Å²) in [5.74, 6) is -1.39. The molecule has 0 aliphatic heterocycles. The Hall–Kier alpha value is -1.94. The molecule has 0 fully saturated rings. The van der Waals surface area contributed by atoms with Crippen molar-refractivity contribution in [2.24, 2.45) is 5.92 Å². The van der Waals surface area contributed by atoms with Crippen molar-refractivity contribution in [2.45, 2.75) is 342 Å². The van der Waals surface area contributed by atoms with Gasteiger partial charge in [-0.3, -0.25) is 37.3 Å². The van der Waals surface area contributed by atoms with Gasteiger partial charge in [0.25, 0.3) is 0 Å². The number of phosphoric ester groups is 2. The summed E-state index contributed by atoms with van der Waals surface area (Å²) in [6.45, 7) is 7.13. The van der Waals surface area contributed by atoms with Gasteiger partial charge in [0, 0.05) is 25.7 Å². The van der Waals surface area contributed by atoms with Gasteiger partial charge in [-0.1, -0.05) is 272 Å². The van der Waals surface area contributed by atoms with Crippen molar-refractivity contribution >= 4 is 39.5 Å². The van der Waals surface area contributed by atoms with Crippen molar-refractivity contribution in [3.8, 4) is 0 Å². The van der Waals surface area contributed by atoms with Crippen molar-refractivity contribution in [2.75, 3.05) is 39.6 Å². The zero-order valence-corrected chi connectivity index (χ0v) is 55.1. The minimum Gasteiger partial charge on any atom is -0.462 e. The van der Waals surface area contributed by atoms with Gasteiger partial charge in [-0.2, -0.15) is 0 Å². The highest BCUT2D eigenvalue weighted by molar-refractivity contribution is 7.47.